The van der Waals surface area contributed by atoms with E-state index in [0.29, 0.717) is 23.7 Å². The molecule has 3 fully saturated rings. The molecule has 0 aromatic carbocycles. The molecule has 0 saturated heterocycles. The number of fused-ring (bicyclic) bond motifs is 5. The molecule has 3 saturated carbocycles. The molecule has 0 radical (unpaired) electrons. The Morgan fingerprint density at radius 1 is 1.00 bits per heavy atom. The van der Waals surface area contributed by atoms with Gasteiger partial charge < -0.3 is 10.2 Å². The summed E-state index contributed by atoms with van der Waals surface area (Å²) >= 11 is 0. The van der Waals surface area contributed by atoms with Gasteiger partial charge in [-0.15, -0.1) is 0 Å². The Morgan fingerprint density at radius 3 is 2.62 bits per heavy atom. The van der Waals surface area contributed by atoms with Crippen LogP contribution < -0.4 is 0 Å². The number of rotatable bonds is 0. The maximum Gasteiger partial charge on any atom is 0.172 e. The van der Waals surface area contributed by atoms with Crippen LogP contribution in [0.2, 0.25) is 0 Å². The van der Waals surface area contributed by atoms with E-state index in [1.807, 2.05) is 0 Å². The molecule has 2 heteroatoms. The molecule has 118 valence electrons. The standard InChI is InChI=1S/C19H30O2/c1-17-10-4-6-15(17)14-8-7-13-5-3-11-19(20,21)18(13,2)16(14)9-12-17/h7,14-16,20-21H,3-6,8-12H2,1-2H3/t14-,15-,16-,17-,18-/m0/s1. The molecule has 0 unspecified atom stereocenters. The first-order valence-electron chi connectivity index (χ1n) is 9.03. The fraction of sp³-hybridized carbons (Fsp3) is 0.895. The average molecular weight is 290 g/mol. The molecule has 0 aromatic rings. The van der Waals surface area contributed by atoms with Gasteiger partial charge in [0, 0.05) is 11.8 Å². The molecule has 0 spiro atoms. The topological polar surface area (TPSA) is 40.5 Å². The number of aliphatic hydroxyl groups is 2. The summed E-state index contributed by atoms with van der Waals surface area (Å²) in [6.07, 6.45) is 12.7. The van der Waals surface area contributed by atoms with Gasteiger partial charge in [0.1, 0.15) is 0 Å². The summed E-state index contributed by atoms with van der Waals surface area (Å²) in [4.78, 5) is 0. The zero-order valence-corrected chi connectivity index (χ0v) is 13.6. The molecule has 4 rings (SSSR count). The third-order valence-corrected chi connectivity index (χ3v) is 8.07. The molecule has 0 aromatic heterocycles. The molecule has 4 aliphatic rings. The second kappa shape index (κ2) is 4.35. The Balaban J connectivity index is 1.76. The van der Waals surface area contributed by atoms with Crippen molar-refractivity contribution in [1.82, 2.24) is 0 Å². The van der Waals surface area contributed by atoms with E-state index in [9.17, 15) is 10.2 Å². The fourth-order valence-electron chi connectivity index (χ4n) is 6.76. The Kier molecular flexibility index (Phi) is 2.96. The number of allylic oxidation sites excluding steroid dienone is 1. The first-order valence-corrected chi connectivity index (χ1v) is 9.03. The maximum atomic E-state index is 10.8. The maximum absolute atomic E-state index is 10.8. The van der Waals surface area contributed by atoms with Crippen LogP contribution in [0.4, 0.5) is 0 Å². The van der Waals surface area contributed by atoms with E-state index in [4.69, 9.17) is 0 Å². The fourth-order valence-corrected chi connectivity index (χ4v) is 6.76. The zero-order chi connectivity index (χ0) is 14.9. The predicted molar refractivity (Wildman–Crippen MR) is 83.5 cm³/mol. The highest BCUT2D eigenvalue weighted by Gasteiger charge is 2.62. The van der Waals surface area contributed by atoms with Crippen molar-refractivity contribution < 1.29 is 10.2 Å². The van der Waals surface area contributed by atoms with Crippen molar-refractivity contribution >= 4 is 0 Å². The van der Waals surface area contributed by atoms with Crippen LogP contribution in [0.25, 0.3) is 0 Å². The first kappa shape index (κ1) is 14.3. The van der Waals surface area contributed by atoms with E-state index in [2.05, 4.69) is 19.9 Å². The summed E-state index contributed by atoms with van der Waals surface area (Å²) in [6.45, 7) is 4.65. The van der Waals surface area contributed by atoms with Crippen LogP contribution in [0.1, 0.15) is 71.6 Å². The summed E-state index contributed by atoms with van der Waals surface area (Å²) < 4.78 is 0. The lowest BCUT2D eigenvalue weighted by Crippen LogP contribution is -2.59. The van der Waals surface area contributed by atoms with E-state index in [0.717, 1.165) is 18.8 Å². The molecule has 0 heterocycles. The molecule has 0 aliphatic heterocycles. The van der Waals surface area contributed by atoms with Crippen molar-refractivity contribution in [2.75, 3.05) is 0 Å². The van der Waals surface area contributed by atoms with E-state index >= 15 is 0 Å². The van der Waals surface area contributed by atoms with Crippen LogP contribution in [0, 0.1) is 28.6 Å². The van der Waals surface area contributed by atoms with Gasteiger partial charge in [-0.2, -0.15) is 0 Å². The molecular weight excluding hydrogens is 260 g/mol. The van der Waals surface area contributed by atoms with Crippen molar-refractivity contribution in [1.29, 1.82) is 0 Å². The summed E-state index contributed by atoms with van der Waals surface area (Å²) in [5, 5.41) is 21.6. The Morgan fingerprint density at radius 2 is 1.81 bits per heavy atom. The molecule has 2 N–H and O–H groups in total. The van der Waals surface area contributed by atoms with Gasteiger partial charge in [-0.3, -0.25) is 0 Å². The van der Waals surface area contributed by atoms with Gasteiger partial charge in [-0.25, -0.2) is 0 Å². The number of hydrogen-bond acceptors (Lipinski definition) is 2. The quantitative estimate of drug-likeness (QED) is 0.522. The normalized spacial score (nSPS) is 51.6. The van der Waals surface area contributed by atoms with Gasteiger partial charge in [0.15, 0.2) is 5.79 Å². The van der Waals surface area contributed by atoms with Gasteiger partial charge in [0.25, 0.3) is 0 Å². The molecule has 2 nitrogen and oxygen atoms in total. The zero-order valence-electron chi connectivity index (χ0n) is 13.6. The van der Waals surface area contributed by atoms with Gasteiger partial charge >= 0.3 is 0 Å². The Hall–Kier alpha value is -0.340. The molecule has 0 amide bonds. The minimum atomic E-state index is -1.49. The second-order valence-electron chi connectivity index (χ2n) is 8.80. The van der Waals surface area contributed by atoms with Crippen LogP contribution in [0.15, 0.2) is 11.6 Å². The van der Waals surface area contributed by atoms with Crippen molar-refractivity contribution in [2.45, 2.75) is 77.4 Å². The van der Waals surface area contributed by atoms with E-state index in [-0.39, 0.29) is 0 Å². The van der Waals surface area contributed by atoms with Crippen LogP contribution in [-0.2, 0) is 0 Å². The third-order valence-electron chi connectivity index (χ3n) is 8.07. The second-order valence-corrected chi connectivity index (χ2v) is 8.80. The van der Waals surface area contributed by atoms with Crippen LogP contribution in [0.3, 0.4) is 0 Å². The van der Waals surface area contributed by atoms with Crippen LogP contribution in [0.5, 0.6) is 0 Å². The smallest absolute Gasteiger partial charge is 0.172 e. The number of hydrogen-bond donors (Lipinski definition) is 2. The van der Waals surface area contributed by atoms with Crippen LogP contribution in [-0.4, -0.2) is 16.0 Å². The van der Waals surface area contributed by atoms with E-state index in [1.54, 1.807) is 0 Å². The summed E-state index contributed by atoms with van der Waals surface area (Å²) in [5.74, 6) is 0.469. The largest absolute Gasteiger partial charge is 0.365 e. The molecular formula is C19H30O2. The molecule has 21 heavy (non-hydrogen) atoms. The lowest BCUT2D eigenvalue weighted by atomic mass is 9.47. The molecule has 0 bridgehead atoms. The molecule has 4 aliphatic carbocycles. The van der Waals surface area contributed by atoms with Crippen molar-refractivity contribution in [2.24, 2.45) is 28.6 Å². The summed E-state index contributed by atoms with van der Waals surface area (Å²) in [7, 11) is 0. The average Bonchev–Trinajstić information content (AvgIpc) is 2.82. The van der Waals surface area contributed by atoms with Crippen molar-refractivity contribution in [3.05, 3.63) is 11.6 Å². The first-order chi connectivity index (χ1) is 9.88. The summed E-state index contributed by atoms with van der Waals surface area (Å²) in [6, 6.07) is 0. The highest BCUT2D eigenvalue weighted by molar-refractivity contribution is 5.27. The lowest BCUT2D eigenvalue weighted by Gasteiger charge is -2.60. The molecule has 5 atom stereocenters. The third kappa shape index (κ3) is 1.72. The lowest BCUT2D eigenvalue weighted by molar-refractivity contribution is -0.268. The highest BCUT2D eigenvalue weighted by Crippen LogP contribution is 2.66. The van der Waals surface area contributed by atoms with Gasteiger partial charge in [0.2, 0.25) is 0 Å². The SMILES string of the molecule is C[C@@]12CCC[C@H]1[C@@H]1CC=C3CCCC(O)(O)[C@]3(C)[C@H]1CC2. The van der Waals surface area contributed by atoms with Gasteiger partial charge in [-0.1, -0.05) is 31.9 Å². The van der Waals surface area contributed by atoms with Gasteiger partial charge in [-0.05, 0) is 68.1 Å². The van der Waals surface area contributed by atoms with Crippen molar-refractivity contribution in [3.63, 3.8) is 0 Å². The monoisotopic (exact) mass is 290 g/mol. The minimum absolute atomic E-state index is 0.391. The Bertz CT molecular complexity index is 480. The van der Waals surface area contributed by atoms with E-state index < -0.39 is 11.2 Å². The summed E-state index contributed by atoms with van der Waals surface area (Å²) in [5.41, 5.74) is 1.49. The van der Waals surface area contributed by atoms with Crippen molar-refractivity contribution in [3.8, 4) is 0 Å². The Labute approximate surface area is 128 Å². The predicted octanol–water partition coefficient (Wildman–Crippen LogP) is 4.02. The van der Waals surface area contributed by atoms with Crippen LogP contribution >= 0.6 is 0 Å². The van der Waals surface area contributed by atoms with Gasteiger partial charge in [0.05, 0.1) is 0 Å². The highest BCUT2D eigenvalue weighted by atomic mass is 16.5. The van der Waals surface area contributed by atoms with E-state index in [1.165, 1.54) is 44.1 Å². The minimum Gasteiger partial charge on any atom is -0.365 e.